The van der Waals surface area contributed by atoms with Crippen LogP contribution in [0.2, 0.25) is 0 Å². The number of hydrogen-bond donors (Lipinski definition) is 1. The van der Waals surface area contributed by atoms with Crippen LogP contribution in [0.1, 0.15) is 19.3 Å². The predicted molar refractivity (Wildman–Crippen MR) is 65.2 cm³/mol. The summed E-state index contributed by atoms with van der Waals surface area (Å²) >= 11 is 0. The Kier molecular flexibility index (Phi) is 3.57. The fraction of sp³-hybridized carbons (Fsp3) is 0.462. The zero-order valence-corrected chi connectivity index (χ0v) is 9.43. The van der Waals surface area contributed by atoms with Gasteiger partial charge in [0.05, 0.1) is 6.54 Å². The molecule has 16 heavy (non-hydrogen) atoms. The largest absolute Gasteiger partial charge is 0.322 e. The molecular formula is C13H18N2O. The van der Waals surface area contributed by atoms with Crippen LogP contribution in [0.3, 0.4) is 0 Å². The first-order valence-electron chi connectivity index (χ1n) is 5.86. The van der Waals surface area contributed by atoms with Crippen LogP contribution in [0.15, 0.2) is 30.3 Å². The van der Waals surface area contributed by atoms with Crippen LogP contribution in [0.5, 0.6) is 0 Å². The smallest absolute Gasteiger partial charge is 0.240 e. The lowest BCUT2D eigenvalue weighted by Gasteiger charge is -2.32. The molecule has 0 saturated heterocycles. The van der Waals surface area contributed by atoms with Crippen LogP contribution < -0.4 is 10.6 Å². The molecule has 1 aliphatic carbocycles. The van der Waals surface area contributed by atoms with Gasteiger partial charge in [-0.25, -0.2) is 0 Å². The number of amides is 1. The first kappa shape index (κ1) is 11.1. The van der Waals surface area contributed by atoms with Crippen molar-refractivity contribution in [3.63, 3.8) is 0 Å². The number of nitrogens with zero attached hydrogens (tertiary/aromatic N) is 1. The van der Waals surface area contributed by atoms with Crippen molar-refractivity contribution in [2.75, 3.05) is 18.0 Å². The molecule has 0 bridgehead atoms. The number of benzene rings is 1. The Bertz CT molecular complexity index is 346. The minimum Gasteiger partial charge on any atom is -0.322 e. The minimum absolute atomic E-state index is 0.0121. The van der Waals surface area contributed by atoms with Gasteiger partial charge in [-0.1, -0.05) is 24.6 Å². The summed E-state index contributed by atoms with van der Waals surface area (Å²) in [6.07, 6.45) is 3.77. The molecule has 2 rings (SSSR count). The molecule has 1 amide bonds. The second-order valence-electron chi connectivity index (χ2n) is 4.34. The Labute approximate surface area is 96.2 Å². The SMILES string of the molecule is NCC(=O)N(CC1CCC1)c1ccccc1. The second kappa shape index (κ2) is 5.12. The highest BCUT2D eigenvalue weighted by atomic mass is 16.2. The summed E-state index contributed by atoms with van der Waals surface area (Å²) in [5.41, 5.74) is 6.42. The molecule has 86 valence electrons. The Hall–Kier alpha value is -1.35. The van der Waals surface area contributed by atoms with Crippen molar-refractivity contribution >= 4 is 11.6 Å². The molecule has 0 unspecified atom stereocenters. The predicted octanol–water partition coefficient (Wildman–Crippen LogP) is 1.78. The Morgan fingerprint density at radius 2 is 2.00 bits per heavy atom. The van der Waals surface area contributed by atoms with Crippen LogP contribution in [0.4, 0.5) is 5.69 Å². The topological polar surface area (TPSA) is 46.3 Å². The molecule has 3 nitrogen and oxygen atoms in total. The van der Waals surface area contributed by atoms with Gasteiger partial charge in [-0.2, -0.15) is 0 Å². The third-order valence-electron chi connectivity index (χ3n) is 3.21. The lowest BCUT2D eigenvalue weighted by molar-refractivity contribution is -0.117. The van der Waals surface area contributed by atoms with E-state index in [1.807, 2.05) is 35.2 Å². The molecular weight excluding hydrogens is 200 g/mol. The normalized spacial score (nSPS) is 15.6. The van der Waals surface area contributed by atoms with E-state index in [0.717, 1.165) is 12.2 Å². The highest BCUT2D eigenvalue weighted by Crippen LogP contribution is 2.28. The van der Waals surface area contributed by atoms with Crippen molar-refractivity contribution in [1.29, 1.82) is 0 Å². The number of carbonyl (C=O) groups is 1. The Balaban J connectivity index is 2.10. The van der Waals surface area contributed by atoms with Crippen molar-refractivity contribution in [3.05, 3.63) is 30.3 Å². The number of para-hydroxylation sites is 1. The third kappa shape index (κ3) is 2.42. The second-order valence-corrected chi connectivity index (χ2v) is 4.34. The molecule has 0 atom stereocenters. The van der Waals surface area contributed by atoms with E-state index < -0.39 is 0 Å². The van der Waals surface area contributed by atoms with Gasteiger partial charge in [0.2, 0.25) is 5.91 Å². The highest BCUT2D eigenvalue weighted by molar-refractivity contribution is 5.94. The summed E-state index contributed by atoms with van der Waals surface area (Å²) in [5, 5.41) is 0. The van der Waals surface area contributed by atoms with Crippen molar-refractivity contribution in [2.24, 2.45) is 11.7 Å². The molecule has 3 heteroatoms. The van der Waals surface area contributed by atoms with Gasteiger partial charge < -0.3 is 10.6 Å². The molecule has 0 heterocycles. The molecule has 0 aromatic heterocycles. The summed E-state index contributed by atoms with van der Waals surface area (Å²) in [6.45, 7) is 0.904. The van der Waals surface area contributed by atoms with E-state index in [1.165, 1.54) is 19.3 Å². The van der Waals surface area contributed by atoms with Crippen molar-refractivity contribution in [2.45, 2.75) is 19.3 Å². The molecule has 0 aliphatic heterocycles. The molecule has 0 spiro atoms. The van der Waals surface area contributed by atoms with Crippen molar-refractivity contribution in [1.82, 2.24) is 0 Å². The van der Waals surface area contributed by atoms with Gasteiger partial charge >= 0.3 is 0 Å². The fourth-order valence-electron chi connectivity index (χ4n) is 2.00. The summed E-state index contributed by atoms with van der Waals surface area (Å²) in [6, 6.07) is 9.79. The minimum atomic E-state index is 0.0121. The Morgan fingerprint density at radius 1 is 1.31 bits per heavy atom. The number of carbonyl (C=O) groups excluding carboxylic acids is 1. The van der Waals surface area contributed by atoms with Gasteiger partial charge in [0.15, 0.2) is 0 Å². The van der Waals surface area contributed by atoms with Crippen LogP contribution >= 0.6 is 0 Å². The van der Waals surface area contributed by atoms with E-state index in [-0.39, 0.29) is 12.5 Å². The number of anilines is 1. The summed E-state index contributed by atoms with van der Waals surface area (Å²) in [4.78, 5) is 13.6. The maximum absolute atomic E-state index is 11.8. The van der Waals surface area contributed by atoms with E-state index in [1.54, 1.807) is 0 Å². The first-order valence-corrected chi connectivity index (χ1v) is 5.86. The summed E-state index contributed by atoms with van der Waals surface area (Å²) < 4.78 is 0. The highest BCUT2D eigenvalue weighted by Gasteiger charge is 2.23. The standard InChI is InChI=1S/C13H18N2O/c14-9-13(16)15(10-11-5-4-6-11)12-7-2-1-3-8-12/h1-3,7-8,11H,4-6,9-10,14H2. The zero-order chi connectivity index (χ0) is 11.4. The van der Waals surface area contributed by atoms with Crippen molar-refractivity contribution < 1.29 is 4.79 Å². The van der Waals surface area contributed by atoms with Crippen LogP contribution in [-0.4, -0.2) is 19.0 Å². The number of hydrogen-bond acceptors (Lipinski definition) is 2. The molecule has 2 N–H and O–H groups in total. The van der Waals surface area contributed by atoms with Crippen LogP contribution in [0, 0.1) is 5.92 Å². The molecule has 1 aromatic carbocycles. The molecule has 1 aliphatic rings. The van der Waals surface area contributed by atoms with Gasteiger partial charge in [0.25, 0.3) is 0 Å². The maximum Gasteiger partial charge on any atom is 0.240 e. The fourth-order valence-corrected chi connectivity index (χ4v) is 2.00. The van der Waals surface area contributed by atoms with Crippen molar-refractivity contribution in [3.8, 4) is 0 Å². The maximum atomic E-state index is 11.8. The van der Waals surface area contributed by atoms with E-state index in [2.05, 4.69) is 0 Å². The average Bonchev–Trinajstić information content (AvgIpc) is 2.28. The molecule has 1 fully saturated rings. The third-order valence-corrected chi connectivity index (χ3v) is 3.21. The van der Waals surface area contributed by atoms with E-state index in [0.29, 0.717) is 5.92 Å². The summed E-state index contributed by atoms with van der Waals surface area (Å²) in [7, 11) is 0. The molecule has 1 aromatic rings. The van der Waals surface area contributed by atoms with Gasteiger partial charge in [-0.3, -0.25) is 4.79 Å². The monoisotopic (exact) mass is 218 g/mol. The quantitative estimate of drug-likeness (QED) is 0.837. The zero-order valence-electron chi connectivity index (χ0n) is 9.43. The summed E-state index contributed by atoms with van der Waals surface area (Å²) in [5.74, 6) is 0.675. The molecule has 1 saturated carbocycles. The van der Waals surface area contributed by atoms with E-state index >= 15 is 0 Å². The lowest BCUT2D eigenvalue weighted by Crippen LogP contribution is -2.40. The lowest BCUT2D eigenvalue weighted by atomic mass is 9.85. The van der Waals surface area contributed by atoms with Gasteiger partial charge in [-0.15, -0.1) is 0 Å². The van der Waals surface area contributed by atoms with Crippen LogP contribution in [-0.2, 0) is 4.79 Å². The number of rotatable bonds is 4. The molecule has 0 radical (unpaired) electrons. The van der Waals surface area contributed by atoms with Gasteiger partial charge in [0.1, 0.15) is 0 Å². The van der Waals surface area contributed by atoms with Gasteiger partial charge in [-0.05, 0) is 30.9 Å². The van der Waals surface area contributed by atoms with Gasteiger partial charge in [0, 0.05) is 12.2 Å². The average molecular weight is 218 g/mol. The van der Waals surface area contributed by atoms with Crippen LogP contribution in [0.25, 0.3) is 0 Å². The Morgan fingerprint density at radius 3 is 2.50 bits per heavy atom. The van der Waals surface area contributed by atoms with E-state index in [4.69, 9.17) is 5.73 Å². The first-order chi connectivity index (χ1) is 7.81. The number of nitrogens with two attached hydrogens (primary N) is 1. The van der Waals surface area contributed by atoms with E-state index in [9.17, 15) is 4.79 Å².